The van der Waals surface area contributed by atoms with E-state index in [1.54, 1.807) is 12.1 Å². The molecular weight excluding hydrogens is 333 g/mol. The molecule has 1 fully saturated rings. The summed E-state index contributed by atoms with van der Waals surface area (Å²) >= 11 is 0. The monoisotopic (exact) mass is 355 g/mol. The summed E-state index contributed by atoms with van der Waals surface area (Å²) in [7, 11) is 0. The molecule has 0 bridgehead atoms. The van der Waals surface area contributed by atoms with Crippen molar-refractivity contribution in [3.63, 3.8) is 0 Å². The summed E-state index contributed by atoms with van der Waals surface area (Å²) in [5.74, 6) is 5.53. The van der Waals surface area contributed by atoms with Gasteiger partial charge in [-0.05, 0) is 67.1 Å². The highest BCUT2D eigenvalue weighted by Crippen LogP contribution is 2.30. The van der Waals surface area contributed by atoms with Crippen molar-refractivity contribution in [3.05, 3.63) is 53.3 Å². The van der Waals surface area contributed by atoms with E-state index in [0.717, 1.165) is 24.1 Å². The van der Waals surface area contributed by atoms with Gasteiger partial charge in [-0.2, -0.15) is 0 Å². The zero-order valence-electron chi connectivity index (χ0n) is 14.6. The first-order valence-electron chi connectivity index (χ1n) is 8.65. The van der Waals surface area contributed by atoms with Gasteiger partial charge in [0.25, 0.3) is 0 Å². The molecule has 4 N–H and O–H groups in total. The van der Waals surface area contributed by atoms with Gasteiger partial charge in [0.1, 0.15) is 5.82 Å². The number of carbonyl (C=O) groups is 2. The standard InChI is InChI=1S/C20H22FN3O2/c1-12(25)14-3-5-18(21)17(10-14)15-4-6-19(24-22)16(9-15)8-13-2-7-20(26)23-11-13/h3-6,9-10,13,24H,2,7-8,11,22H2,1H3,(H,23,26). The second kappa shape index (κ2) is 7.66. The van der Waals surface area contributed by atoms with Gasteiger partial charge in [0, 0.05) is 24.1 Å². The third-order valence-corrected chi connectivity index (χ3v) is 4.82. The number of benzene rings is 2. The highest BCUT2D eigenvalue weighted by atomic mass is 19.1. The van der Waals surface area contributed by atoms with Crippen LogP contribution >= 0.6 is 0 Å². The minimum atomic E-state index is -0.376. The van der Waals surface area contributed by atoms with Gasteiger partial charge >= 0.3 is 0 Å². The molecule has 0 radical (unpaired) electrons. The SMILES string of the molecule is CC(=O)c1ccc(F)c(-c2ccc(NN)c(CC3CCC(=O)NC3)c2)c1. The fourth-order valence-electron chi connectivity index (χ4n) is 3.31. The lowest BCUT2D eigenvalue weighted by atomic mass is 9.89. The molecule has 1 saturated heterocycles. The predicted molar refractivity (Wildman–Crippen MR) is 99.1 cm³/mol. The molecule has 1 atom stereocenters. The van der Waals surface area contributed by atoms with Crippen LogP contribution in [0.25, 0.3) is 11.1 Å². The predicted octanol–water partition coefficient (Wildman–Crippen LogP) is 3.05. The maximum atomic E-state index is 14.3. The summed E-state index contributed by atoms with van der Waals surface area (Å²) in [5, 5.41) is 2.88. The van der Waals surface area contributed by atoms with Crippen LogP contribution in [0.2, 0.25) is 0 Å². The number of rotatable bonds is 5. The van der Waals surface area contributed by atoms with Crippen LogP contribution in [0.15, 0.2) is 36.4 Å². The van der Waals surface area contributed by atoms with Crippen molar-refractivity contribution in [3.8, 4) is 11.1 Å². The van der Waals surface area contributed by atoms with Gasteiger partial charge in [-0.15, -0.1) is 0 Å². The minimum absolute atomic E-state index is 0.0790. The number of ketones is 1. The van der Waals surface area contributed by atoms with Gasteiger partial charge in [-0.1, -0.05) is 6.07 Å². The summed E-state index contributed by atoms with van der Waals surface area (Å²) in [6, 6.07) is 9.87. The van der Waals surface area contributed by atoms with E-state index >= 15 is 0 Å². The average molecular weight is 355 g/mol. The van der Waals surface area contributed by atoms with Crippen molar-refractivity contribution in [2.45, 2.75) is 26.2 Å². The van der Waals surface area contributed by atoms with Crippen LogP contribution < -0.4 is 16.6 Å². The minimum Gasteiger partial charge on any atom is -0.356 e. The second-order valence-corrected chi connectivity index (χ2v) is 6.68. The van der Waals surface area contributed by atoms with Crippen LogP contribution in [0.3, 0.4) is 0 Å². The summed E-state index contributed by atoms with van der Waals surface area (Å²) in [4.78, 5) is 22.9. The molecule has 1 aliphatic heterocycles. The smallest absolute Gasteiger partial charge is 0.220 e. The number of anilines is 1. The number of piperidine rings is 1. The van der Waals surface area contributed by atoms with E-state index in [1.165, 1.54) is 19.1 Å². The Kier molecular flexibility index (Phi) is 5.32. The molecule has 2 aromatic rings. The molecular formula is C20H22FN3O2. The Bertz CT molecular complexity index is 841. The molecule has 0 aliphatic carbocycles. The molecule has 3 rings (SSSR count). The molecule has 0 saturated carbocycles. The molecule has 136 valence electrons. The van der Waals surface area contributed by atoms with Crippen LogP contribution in [-0.4, -0.2) is 18.2 Å². The van der Waals surface area contributed by atoms with Crippen molar-refractivity contribution < 1.29 is 14.0 Å². The topological polar surface area (TPSA) is 84.2 Å². The number of hydrazine groups is 1. The lowest BCUT2D eigenvalue weighted by Crippen LogP contribution is -2.35. The Balaban J connectivity index is 1.93. The second-order valence-electron chi connectivity index (χ2n) is 6.68. The van der Waals surface area contributed by atoms with Crippen molar-refractivity contribution in [2.75, 3.05) is 12.0 Å². The maximum Gasteiger partial charge on any atom is 0.220 e. The average Bonchev–Trinajstić information content (AvgIpc) is 2.64. The van der Waals surface area contributed by atoms with Crippen LogP contribution in [0, 0.1) is 11.7 Å². The number of amides is 1. The Labute approximate surface area is 151 Å². The molecule has 2 aromatic carbocycles. The number of nitrogen functional groups attached to an aromatic ring is 1. The molecule has 1 heterocycles. The van der Waals surface area contributed by atoms with E-state index in [0.29, 0.717) is 35.6 Å². The van der Waals surface area contributed by atoms with E-state index in [-0.39, 0.29) is 17.5 Å². The van der Waals surface area contributed by atoms with Crippen LogP contribution in [0.4, 0.5) is 10.1 Å². The normalized spacial score (nSPS) is 16.9. The Morgan fingerprint density at radius 1 is 1.31 bits per heavy atom. The largest absolute Gasteiger partial charge is 0.356 e. The summed E-state index contributed by atoms with van der Waals surface area (Å²) < 4.78 is 14.3. The zero-order valence-corrected chi connectivity index (χ0v) is 14.6. The first kappa shape index (κ1) is 18.1. The van der Waals surface area contributed by atoms with E-state index in [2.05, 4.69) is 10.7 Å². The number of hydrogen-bond acceptors (Lipinski definition) is 4. The van der Waals surface area contributed by atoms with Crippen LogP contribution in [0.1, 0.15) is 35.7 Å². The number of hydrogen-bond donors (Lipinski definition) is 3. The Morgan fingerprint density at radius 3 is 2.77 bits per heavy atom. The zero-order chi connectivity index (χ0) is 18.7. The third kappa shape index (κ3) is 3.91. The van der Waals surface area contributed by atoms with E-state index in [1.807, 2.05) is 12.1 Å². The molecule has 0 aromatic heterocycles. The lowest BCUT2D eigenvalue weighted by Gasteiger charge is -2.23. The number of nitrogens with two attached hydrogens (primary N) is 1. The molecule has 26 heavy (non-hydrogen) atoms. The molecule has 5 nitrogen and oxygen atoms in total. The number of carbonyl (C=O) groups excluding carboxylic acids is 2. The quantitative estimate of drug-likeness (QED) is 0.437. The lowest BCUT2D eigenvalue weighted by molar-refractivity contribution is -0.122. The summed E-state index contributed by atoms with van der Waals surface area (Å²) in [6.07, 6.45) is 2.06. The van der Waals surface area contributed by atoms with Crippen molar-refractivity contribution in [1.82, 2.24) is 5.32 Å². The number of nitrogens with one attached hydrogen (secondary N) is 2. The molecule has 1 aliphatic rings. The van der Waals surface area contributed by atoms with Crippen molar-refractivity contribution >= 4 is 17.4 Å². The first-order chi connectivity index (χ1) is 12.5. The first-order valence-corrected chi connectivity index (χ1v) is 8.65. The third-order valence-electron chi connectivity index (χ3n) is 4.82. The fourth-order valence-corrected chi connectivity index (χ4v) is 3.31. The van der Waals surface area contributed by atoms with Crippen molar-refractivity contribution in [1.29, 1.82) is 0 Å². The highest BCUT2D eigenvalue weighted by molar-refractivity contribution is 5.95. The maximum absolute atomic E-state index is 14.3. The van der Waals surface area contributed by atoms with Gasteiger partial charge < -0.3 is 10.7 Å². The number of Topliss-reactive ketones (excluding diaryl/α,β-unsaturated/α-hetero) is 1. The van der Waals surface area contributed by atoms with Crippen molar-refractivity contribution in [2.24, 2.45) is 11.8 Å². The van der Waals surface area contributed by atoms with Crippen LogP contribution in [-0.2, 0) is 11.2 Å². The van der Waals surface area contributed by atoms with E-state index in [9.17, 15) is 14.0 Å². The fraction of sp³-hybridized carbons (Fsp3) is 0.300. The Hall–Kier alpha value is -2.73. The Morgan fingerprint density at radius 2 is 2.12 bits per heavy atom. The van der Waals surface area contributed by atoms with Gasteiger partial charge in [0.2, 0.25) is 5.91 Å². The molecule has 1 unspecified atom stereocenters. The molecule has 1 amide bonds. The summed E-state index contributed by atoms with van der Waals surface area (Å²) in [5.41, 5.74) is 5.96. The van der Waals surface area contributed by atoms with Gasteiger partial charge in [-0.25, -0.2) is 4.39 Å². The summed E-state index contributed by atoms with van der Waals surface area (Å²) in [6.45, 7) is 2.09. The molecule has 6 heteroatoms. The van der Waals surface area contributed by atoms with Crippen LogP contribution in [0.5, 0.6) is 0 Å². The van der Waals surface area contributed by atoms with Gasteiger partial charge in [-0.3, -0.25) is 15.4 Å². The number of halogens is 1. The highest BCUT2D eigenvalue weighted by Gasteiger charge is 2.20. The van der Waals surface area contributed by atoms with E-state index in [4.69, 9.17) is 5.84 Å². The van der Waals surface area contributed by atoms with Gasteiger partial charge in [0.15, 0.2) is 5.78 Å². The molecule has 0 spiro atoms. The van der Waals surface area contributed by atoms with Gasteiger partial charge in [0.05, 0.1) is 5.69 Å². The van der Waals surface area contributed by atoms with E-state index < -0.39 is 0 Å².